The topological polar surface area (TPSA) is 105 Å². The number of carbonyl (C=O) groups excluding carboxylic acids is 4. The minimum Gasteiger partial charge on any atom is -0.454 e. The van der Waals surface area contributed by atoms with Crippen LogP contribution in [0.5, 0.6) is 0 Å². The molecular weight excluding hydrogens is 350 g/mol. The summed E-state index contributed by atoms with van der Waals surface area (Å²) in [5.74, 6) is -1.64. The molecule has 1 aromatic carbocycles. The molecule has 0 aromatic heterocycles. The molecule has 1 aromatic rings. The third-order valence-corrected chi connectivity index (χ3v) is 4.70. The Hall–Kier alpha value is -2.90. The van der Waals surface area contributed by atoms with E-state index in [9.17, 15) is 19.2 Å². The van der Waals surface area contributed by atoms with Crippen LogP contribution >= 0.6 is 0 Å². The zero-order chi connectivity index (χ0) is 19.4. The number of imide groups is 1. The highest BCUT2D eigenvalue weighted by molar-refractivity contribution is 6.08. The Kier molecular flexibility index (Phi) is 5.43. The number of esters is 1. The van der Waals surface area contributed by atoms with Gasteiger partial charge in [-0.2, -0.15) is 0 Å². The summed E-state index contributed by atoms with van der Waals surface area (Å²) in [7, 11) is 0. The van der Waals surface area contributed by atoms with Crippen molar-refractivity contribution in [3.8, 4) is 0 Å². The summed E-state index contributed by atoms with van der Waals surface area (Å²) in [4.78, 5) is 49.1. The quantitative estimate of drug-likeness (QED) is 0.517. The maximum Gasteiger partial charge on any atom is 0.326 e. The molecule has 1 aliphatic heterocycles. The van der Waals surface area contributed by atoms with Crippen molar-refractivity contribution in [1.29, 1.82) is 0 Å². The molecular formula is C19H23N3O5. The second-order valence-electron chi connectivity index (χ2n) is 7.14. The highest BCUT2D eigenvalue weighted by Crippen LogP contribution is 2.23. The van der Waals surface area contributed by atoms with Crippen LogP contribution in [0.1, 0.15) is 31.7 Å². The lowest BCUT2D eigenvalue weighted by atomic mass is 9.93. The van der Waals surface area contributed by atoms with Crippen molar-refractivity contribution in [2.45, 2.75) is 44.2 Å². The van der Waals surface area contributed by atoms with Gasteiger partial charge in [-0.25, -0.2) is 4.79 Å². The van der Waals surface area contributed by atoms with E-state index in [1.54, 1.807) is 6.92 Å². The van der Waals surface area contributed by atoms with Crippen molar-refractivity contribution in [1.82, 2.24) is 15.5 Å². The molecule has 8 heteroatoms. The van der Waals surface area contributed by atoms with Gasteiger partial charge < -0.3 is 15.4 Å². The molecule has 144 valence electrons. The van der Waals surface area contributed by atoms with E-state index < -0.39 is 36.6 Å². The van der Waals surface area contributed by atoms with Gasteiger partial charge in [-0.1, -0.05) is 30.3 Å². The Morgan fingerprint density at radius 3 is 2.63 bits per heavy atom. The largest absolute Gasteiger partial charge is 0.454 e. The summed E-state index contributed by atoms with van der Waals surface area (Å²) in [6.07, 6.45) is 2.90. The van der Waals surface area contributed by atoms with Crippen LogP contribution in [0, 0.1) is 0 Å². The first kappa shape index (κ1) is 18.9. The number of ether oxygens (including phenoxy) is 1. The fraction of sp³-hybridized carbons (Fsp3) is 0.474. The molecule has 0 spiro atoms. The standard InChI is InChI=1S/C19H23N3O5/c1-19(10-9-13-5-3-2-4-6-13)17(25)22(18(26)21-19)11-16(24)27-12-15(23)20-14-7-8-14/h2-6,14H,7-12H2,1H3,(H,20,23)(H,21,26)/t19-/m1/s1. The zero-order valence-electron chi connectivity index (χ0n) is 15.2. The highest BCUT2D eigenvalue weighted by Gasteiger charge is 2.48. The minimum absolute atomic E-state index is 0.174. The Morgan fingerprint density at radius 1 is 1.26 bits per heavy atom. The van der Waals surface area contributed by atoms with Gasteiger partial charge in [-0.3, -0.25) is 19.3 Å². The average molecular weight is 373 g/mol. The summed E-state index contributed by atoms with van der Waals surface area (Å²) >= 11 is 0. The fourth-order valence-corrected chi connectivity index (χ4v) is 2.92. The van der Waals surface area contributed by atoms with Crippen LogP contribution < -0.4 is 10.6 Å². The molecule has 8 nitrogen and oxygen atoms in total. The lowest BCUT2D eigenvalue weighted by Gasteiger charge is -2.21. The van der Waals surface area contributed by atoms with Gasteiger partial charge in [0.1, 0.15) is 12.1 Å². The number of carbonyl (C=O) groups is 4. The van der Waals surface area contributed by atoms with Crippen molar-refractivity contribution >= 4 is 23.8 Å². The molecule has 2 aliphatic rings. The number of urea groups is 1. The molecule has 1 atom stereocenters. The smallest absolute Gasteiger partial charge is 0.326 e. The highest BCUT2D eigenvalue weighted by atomic mass is 16.5. The van der Waals surface area contributed by atoms with Gasteiger partial charge in [0, 0.05) is 6.04 Å². The van der Waals surface area contributed by atoms with Gasteiger partial charge in [-0.15, -0.1) is 0 Å². The molecule has 1 heterocycles. The maximum atomic E-state index is 12.6. The van der Waals surface area contributed by atoms with Crippen molar-refractivity contribution < 1.29 is 23.9 Å². The van der Waals surface area contributed by atoms with Crippen LogP contribution in [0.4, 0.5) is 4.79 Å². The summed E-state index contributed by atoms with van der Waals surface area (Å²) in [5, 5.41) is 5.35. The van der Waals surface area contributed by atoms with Gasteiger partial charge in [0.05, 0.1) is 0 Å². The van der Waals surface area contributed by atoms with Crippen molar-refractivity contribution in [3.05, 3.63) is 35.9 Å². The average Bonchev–Trinajstić information content (AvgIpc) is 3.43. The number of rotatable bonds is 8. The van der Waals surface area contributed by atoms with Crippen LogP contribution in [-0.2, 0) is 25.5 Å². The van der Waals surface area contributed by atoms with E-state index in [0.717, 1.165) is 23.3 Å². The molecule has 2 fully saturated rings. The number of amides is 4. The predicted octanol–water partition coefficient (Wildman–Crippen LogP) is 0.751. The van der Waals surface area contributed by atoms with Crippen LogP contribution in [-0.4, -0.2) is 53.4 Å². The Balaban J connectivity index is 1.50. The van der Waals surface area contributed by atoms with E-state index in [4.69, 9.17) is 4.74 Å². The van der Waals surface area contributed by atoms with Gasteiger partial charge in [-0.05, 0) is 38.2 Å². The molecule has 1 saturated carbocycles. The Morgan fingerprint density at radius 2 is 1.96 bits per heavy atom. The van der Waals surface area contributed by atoms with Crippen molar-refractivity contribution in [2.24, 2.45) is 0 Å². The van der Waals surface area contributed by atoms with E-state index in [1.807, 2.05) is 30.3 Å². The number of nitrogens with one attached hydrogen (secondary N) is 2. The van der Waals surface area contributed by atoms with E-state index in [-0.39, 0.29) is 11.9 Å². The molecule has 1 saturated heterocycles. The molecule has 2 N–H and O–H groups in total. The summed E-state index contributed by atoms with van der Waals surface area (Å²) in [6.45, 7) is 0.719. The van der Waals surface area contributed by atoms with Gasteiger partial charge >= 0.3 is 12.0 Å². The predicted molar refractivity (Wildman–Crippen MR) is 95.5 cm³/mol. The zero-order valence-corrected chi connectivity index (χ0v) is 15.2. The Bertz CT molecular complexity index is 747. The molecule has 0 bridgehead atoms. The van der Waals surface area contributed by atoms with E-state index in [1.165, 1.54) is 0 Å². The number of nitrogens with zero attached hydrogens (tertiary/aromatic N) is 1. The van der Waals surface area contributed by atoms with E-state index in [2.05, 4.69) is 10.6 Å². The molecule has 0 radical (unpaired) electrons. The van der Waals surface area contributed by atoms with Crippen LogP contribution in [0.3, 0.4) is 0 Å². The monoisotopic (exact) mass is 373 g/mol. The van der Waals surface area contributed by atoms with Gasteiger partial charge in [0.15, 0.2) is 6.61 Å². The van der Waals surface area contributed by atoms with Crippen LogP contribution in [0.15, 0.2) is 30.3 Å². The number of hydrogen-bond donors (Lipinski definition) is 2. The van der Waals surface area contributed by atoms with Gasteiger partial charge in [0.2, 0.25) is 0 Å². The third kappa shape index (κ3) is 4.84. The molecule has 1 aliphatic carbocycles. The SMILES string of the molecule is C[C@]1(CCc2ccccc2)NC(=O)N(CC(=O)OCC(=O)NC2CC2)C1=O. The third-order valence-electron chi connectivity index (χ3n) is 4.70. The number of aryl methyl sites for hydroxylation is 1. The lowest BCUT2D eigenvalue weighted by Crippen LogP contribution is -2.44. The van der Waals surface area contributed by atoms with Gasteiger partial charge in [0.25, 0.3) is 11.8 Å². The normalized spacial score (nSPS) is 21.7. The fourth-order valence-electron chi connectivity index (χ4n) is 2.92. The number of benzene rings is 1. The lowest BCUT2D eigenvalue weighted by molar-refractivity contribution is -0.151. The summed E-state index contributed by atoms with van der Waals surface area (Å²) in [6, 6.07) is 9.18. The second kappa shape index (κ2) is 7.77. The second-order valence-corrected chi connectivity index (χ2v) is 7.14. The van der Waals surface area contributed by atoms with Crippen molar-refractivity contribution in [2.75, 3.05) is 13.2 Å². The molecule has 4 amide bonds. The van der Waals surface area contributed by atoms with E-state index >= 15 is 0 Å². The van der Waals surface area contributed by atoms with Crippen LogP contribution in [0.25, 0.3) is 0 Å². The first-order valence-electron chi connectivity index (χ1n) is 9.00. The summed E-state index contributed by atoms with van der Waals surface area (Å²) in [5.41, 5.74) is -0.0170. The molecule has 27 heavy (non-hydrogen) atoms. The molecule has 3 rings (SSSR count). The first-order chi connectivity index (χ1) is 12.9. The van der Waals surface area contributed by atoms with E-state index in [0.29, 0.717) is 12.8 Å². The summed E-state index contributed by atoms with van der Waals surface area (Å²) < 4.78 is 4.86. The first-order valence-corrected chi connectivity index (χ1v) is 9.00. The minimum atomic E-state index is -1.07. The van der Waals surface area contributed by atoms with Crippen molar-refractivity contribution in [3.63, 3.8) is 0 Å². The maximum absolute atomic E-state index is 12.6. The number of hydrogen-bond acceptors (Lipinski definition) is 5. The Labute approximate surface area is 157 Å². The van der Waals surface area contributed by atoms with Crippen LogP contribution in [0.2, 0.25) is 0 Å². The molecule has 0 unspecified atom stereocenters.